The van der Waals surface area contributed by atoms with Gasteiger partial charge in [-0.2, -0.15) is 0 Å². The van der Waals surface area contributed by atoms with Gasteiger partial charge in [-0.05, 0) is 43.9 Å². The zero-order valence-corrected chi connectivity index (χ0v) is 15.3. The van der Waals surface area contributed by atoms with E-state index in [1.54, 1.807) is 6.20 Å². The van der Waals surface area contributed by atoms with Crippen molar-refractivity contribution in [3.8, 4) is 0 Å². The first-order valence-electron chi connectivity index (χ1n) is 9.62. The molecule has 0 spiro atoms. The molecule has 0 bridgehead atoms. The summed E-state index contributed by atoms with van der Waals surface area (Å²) in [7, 11) is 0. The molecule has 1 amide bonds. The van der Waals surface area contributed by atoms with E-state index < -0.39 is 5.60 Å². The number of likely N-dealkylation sites (tertiary alicyclic amines) is 1. The van der Waals surface area contributed by atoms with Crippen LogP contribution in [0.5, 0.6) is 0 Å². The van der Waals surface area contributed by atoms with Crippen molar-refractivity contribution in [2.45, 2.75) is 50.7 Å². The van der Waals surface area contributed by atoms with E-state index in [0.29, 0.717) is 18.5 Å². The molecule has 1 saturated carbocycles. The number of fused-ring (bicyclic) bond motifs is 1. The molecule has 26 heavy (non-hydrogen) atoms. The van der Waals surface area contributed by atoms with Gasteiger partial charge in [0.1, 0.15) is 0 Å². The summed E-state index contributed by atoms with van der Waals surface area (Å²) in [6, 6.07) is 13.8. The van der Waals surface area contributed by atoms with Crippen LogP contribution >= 0.6 is 0 Å². The number of piperidine rings is 1. The normalized spacial score (nSPS) is 28.5. The van der Waals surface area contributed by atoms with E-state index in [4.69, 9.17) is 0 Å². The molecule has 1 aromatic heterocycles. The lowest BCUT2D eigenvalue weighted by atomic mass is 9.66. The molecule has 1 aliphatic carbocycles. The number of benzene rings is 1. The van der Waals surface area contributed by atoms with Crippen LogP contribution in [0.1, 0.15) is 53.7 Å². The van der Waals surface area contributed by atoms with E-state index in [1.165, 1.54) is 0 Å². The van der Waals surface area contributed by atoms with Crippen molar-refractivity contribution in [2.24, 2.45) is 5.92 Å². The second kappa shape index (κ2) is 6.84. The third kappa shape index (κ3) is 2.82. The molecule has 4 rings (SSSR count). The maximum Gasteiger partial charge on any atom is 0.255 e. The molecule has 3 atom stereocenters. The zero-order valence-electron chi connectivity index (χ0n) is 15.3. The van der Waals surface area contributed by atoms with E-state index in [9.17, 15) is 9.90 Å². The summed E-state index contributed by atoms with van der Waals surface area (Å²) in [5, 5.41) is 11.6. The van der Waals surface area contributed by atoms with Crippen molar-refractivity contribution in [1.29, 1.82) is 0 Å². The smallest absolute Gasteiger partial charge is 0.255 e. The van der Waals surface area contributed by atoms with Gasteiger partial charge in [-0.25, -0.2) is 0 Å². The monoisotopic (exact) mass is 350 g/mol. The van der Waals surface area contributed by atoms with Gasteiger partial charge in [-0.3, -0.25) is 9.78 Å². The van der Waals surface area contributed by atoms with Gasteiger partial charge in [0.15, 0.2) is 0 Å². The van der Waals surface area contributed by atoms with Gasteiger partial charge in [-0.1, -0.05) is 43.2 Å². The van der Waals surface area contributed by atoms with Crippen LogP contribution in [0.25, 0.3) is 0 Å². The molecule has 2 aromatic rings. The summed E-state index contributed by atoms with van der Waals surface area (Å²) < 4.78 is 0. The highest BCUT2D eigenvalue weighted by Crippen LogP contribution is 2.47. The van der Waals surface area contributed by atoms with Crippen LogP contribution in [0.15, 0.2) is 48.7 Å². The van der Waals surface area contributed by atoms with E-state index in [2.05, 4.69) is 4.98 Å². The molecule has 1 unspecified atom stereocenters. The number of pyridine rings is 1. The maximum absolute atomic E-state index is 13.2. The molecule has 0 radical (unpaired) electrons. The van der Waals surface area contributed by atoms with Gasteiger partial charge in [-0.15, -0.1) is 0 Å². The summed E-state index contributed by atoms with van der Waals surface area (Å²) in [5.74, 6) is 0.149. The Morgan fingerprint density at radius 2 is 1.92 bits per heavy atom. The summed E-state index contributed by atoms with van der Waals surface area (Å²) in [6.07, 6.45) is 6.46. The fraction of sp³-hybridized carbons (Fsp3) is 0.455. The fourth-order valence-electron chi connectivity index (χ4n) is 4.89. The average molecular weight is 350 g/mol. The molecule has 4 heteroatoms. The van der Waals surface area contributed by atoms with Gasteiger partial charge >= 0.3 is 0 Å². The second-order valence-electron chi connectivity index (χ2n) is 7.63. The number of carbonyl (C=O) groups is 1. The van der Waals surface area contributed by atoms with Crippen LogP contribution < -0.4 is 0 Å². The second-order valence-corrected chi connectivity index (χ2v) is 7.63. The van der Waals surface area contributed by atoms with Crippen LogP contribution in [0.4, 0.5) is 0 Å². The zero-order chi connectivity index (χ0) is 18.1. The molecule has 1 N–H and O–H groups in total. The summed E-state index contributed by atoms with van der Waals surface area (Å²) in [4.78, 5) is 19.5. The number of aliphatic hydroxyl groups is 1. The number of nitrogens with zero attached hydrogens (tertiary/aromatic N) is 2. The Kier molecular flexibility index (Phi) is 4.53. The van der Waals surface area contributed by atoms with Crippen molar-refractivity contribution < 1.29 is 9.90 Å². The minimum Gasteiger partial charge on any atom is -0.385 e. The molecular weight excluding hydrogens is 324 g/mol. The predicted molar refractivity (Wildman–Crippen MR) is 101 cm³/mol. The van der Waals surface area contributed by atoms with Gasteiger partial charge in [0.2, 0.25) is 0 Å². The van der Waals surface area contributed by atoms with Crippen LogP contribution in [0, 0.1) is 12.8 Å². The van der Waals surface area contributed by atoms with Crippen LogP contribution in [0.3, 0.4) is 0 Å². The summed E-state index contributed by atoms with van der Waals surface area (Å²) >= 11 is 0. The maximum atomic E-state index is 13.2. The molecule has 136 valence electrons. The average Bonchev–Trinajstić information content (AvgIpc) is 2.69. The molecule has 2 heterocycles. The van der Waals surface area contributed by atoms with Gasteiger partial charge in [0.05, 0.1) is 11.2 Å². The van der Waals surface area contributed by atoms with Gasteiger partial charge in [0, 0.05) is 30.4 Å². The van der Waals surface area contributed by atoms with E-state index in [-0.39, 0.29) is 17.9 Å². The minimum atomic E-state index is -0.840. The Bertz CT molecular complexity index is 792. The molecule has 1 aromatic carbocycles. The quantitative estimate of drug-likeness (QED) is 0.899. The lowest BCUT2D eigenvalue weighted by Gasteiger charge is -2.52. The standard InChI is InChI=1S/C22H26N2O2/c1-16-18(10-7-14-23-16)21(25)24-15-13-22(26,17-8-3-2-4-9-17)19-11-5-6-12-20(19)24/h2-4,7-10,14,19-20,26H,5-6,11-13,15H2,1H3/t19-,20-,22?/m0/s1. The van der Waals surface area contributed by atoms with Crippen LogP contribution in [-0.4, -0.2) is 33.5 Å². The Labute approximate surface area is 154 Å². The molecule has 1 saturated heterocycles. The number of carbonyl (C=O) groups excluding carboxylic acids is 1. The molecule has 2 aliphatic rings. The number of amides is 1. The highest BCUT2D eigenvalue weighted by molar-refractivity contribution is 5.95. The first-order valence-corrected chi connectivity index (χ1v) is 9.62. The van der Waals surface area contributed by atoms with Crippen molar-refractivity contribution >= 4 is 5.91 Å². The van der Waals surface area contributed by atoms with Crippen LogP contribution in [0.2, 0.25) is 0 Å². The fourth-order valence-corrected chi connectivity index (χ4v) is 4.89. The Morgan fingerprint density at radius 1 is 1.15 bits per heavy atom. The lowest BCUT2D eigenvalue weighted by molar-refractivity contribution is -0.110. The number of rotatable bonds is 2. The highest BCUT2D eigenvalue weighted by atomic mass is 16.3. The van der Waals surface area contributed by atoms with Gasteiger partial charge in [0.25, 0.3) is 5.91 Å². The Balaban J connectivity index is 1.67. The summed E-state index contributed by atoms with van der Waals surface area (Å²) in [5.41, 5.74) is 1.60. The van der Waals surface area contributed by atoms with E-state index in [0.717, 1.165) is 36.9 Å². The lowest BCUT2D eigenvalue weighted by Crippen LogP contribution is -2.59. The van der Waals surface area contributed by atoms with Crippen molar-refractivity contribution in [3.05, 3.63) is 65.5 Å². The molecule has 4 nitrogen and oxygen atoms in total. The number of hydrogen-bond acceptors (Lipinski definition) is 3. The summed E-state index contributed by atoms with van der Waals surface area (Å²) in [6.45, 7) is 2.47. The van der Waals surface area contributed by atoms with Gasteiger partial charge < -0.3 is 10.0 Å². The number of aromatic nitrogens is 1. The number of hydrogen-bond donors (Lipinski definition) is 1. The highest BCUT2D eigenvalue weighted by Gasteiger charge is 2.50. The number of aryl methyl sites for hydroxylation is 1. The largest absolute Gasteiger partial charge is 0.385 e. The van der Waals surface area contributed by atoms with Crippen LogP contribution in [-0.2, 0) is 5.60 Å². The predicted octanol–water partition coefficient (Wildman–Crippen LogP) is 3.68. The Morgan fingerprint density at radius 3 is 2.69 bits per heavy atom. The minimum absolute atomic E-state index is 0.0580. The molecule has 1 aliphatic heterocycles. The van der Waals surface area contributed by atoms with E-state index >= 15 is 0 Å². The Hall–Kier alpha value is -2.20. The first-order chi connectivity index (χ1) is 12.6. The van der Waals surface area contributed by atoms with E-state index in [1.807, 2.05) is 54.3 Å². The molecular formula is C22H26N2O2. The van der Waals surface area contributed by atoms with Crippen molar-refractivity contribution in [1.82, 2.24) is 9.88 Å². The third-order valence-electron chi connectivity index (χ3n) is 6.25. The topological polar surface area (TPSA) is 53.4 Å². The third-order valence-corrected chi connectivity index (χ3v) is 6.25. The SMILES string of the molecule is Cc1ncccc1C(=O)N1CCC(O)(c2ccccc2)[C@H]2CCCC[C@@H]21. The van der Waals surface area contributed by atoms with Crippen molar-refractivity contribution in [2.75, 3.05) is 6.54 Å². The first kappa shape index (κ1) is 17.2. The van der Waals surface area contributed by atoms with Crippen molar-refractivity contribution in [3.63, 3.8) is 0 Å². The molecule has 2 fully saturated rings.